The molecule has 2 heterocycles. The minimum atomic E-state index is -0.536. The van der Waals surface area contributed by atoms with Gasteiger partial charge in [0, 0.05) is 36.4 Å². The average molecular weight is 427 g/mol. The molecular formula is C21H20ClFN6O. The van der Waals surface area contributed by atoms with Crippen LogP contribution >= 0.6 is 11.6 Å². The van der Waals surface area contributed by atoms with Crippen molar-refractivity contribution in [1.29, 1.82) is 0 Å². The second kappa shape index (κ2) is 8.64. The second-order valence-corrected chi connectivity index (χ2v) is 7.20. The van der Waals surface area contributed by atoms with Crippen molar-refractivity contribution in [2.45, 2.75) is 13.0 Å². The van der Waals surface area contributed by atoms with Crippen LogP contribution in [0.1, 0.15) is 28.9 Å². The topological polar surface area (TPSA) is 91.0 Å². The van der Waals surface area contributed by atoms with Gasteiger partial charge in [-0.1, -0.05) is 23.7 Å². The Balaban J connectivity index is 1.64. The summed E-state index contributed by atoms with van der Waals surface area (Å²) in [4.78, 5) is 21.7. The number of nitrogens with zero attached hydrogens (tertiary/aromatic N) is 2. The number of carbonyl (C=O) groups is 1. The number of aromatic nitrogens is 2. The maximum absolute atomic E-state index is 14.0. The van der Waals surface area contributed by atoms with E-state index in [9.17, 15) is 9.18 Å². The van der Waals surface area contributed by atoms with Crippen molar-refractivity contribution in [3.63, 3.8) is 0 Å². The molecule has 0 radical (unpaired) electrons. The highest BCUT2D eigenvalue weighted by Crippen LogP contribution is 2.26. The first kappa shape index (κ1) is 20.1. The molecule has 1 amide bonds. The number of benzene rings is 2. The molecule has 4 N–H and O–H groups in total. The number of anilines is 1. The van der Waals surface area contributed by atoms with E-state index < -0.39 is 11.9 Å². The van der Waals surface area contributed by atoms with Crippen molar-refractivity contribution in [2.75, 3.05) is 18.4 Å². The SMILES string of the molecule is CCNc1ncc2ccc(C(=O)N[C@@H](C3=CNNC3)c3ccc(Cl)c(F)c3)cc2n1. The molecule has 0 spiro atoms. The first-order valence-electron chi connectivity index (χ1n) is 9.49. The summed E-state index contributed by atoms with van der Waals surface area (Å²) >= 11 is 5.82. The summed E-state index contributed by atoms with van der Waals surface area (Å²) in [5, 5.41) is 6.91. The summed E-state index contributed by atoms with van der Waals surface area (Å²) in [6.45, 7) is 3.16. The first-order chi connectivity index (χ1) is 14.5. The van der Waals surface area contributed by atoms with Gasteiger partial charge in [-0.25, -0.2) is 19.8 Å². The Morgan fingerprint density at radius 1 is 1.30 bits per heavy atom. The van der Waals surface area contributed by atoms with Gasteiger partial charge in [-0.05, 0) is 42.3 Å². The second-order valence-electron chi connectivity index (χ2n) is 6.79. The van der Waals surface area contributed by atoms with Crippen molar-refractivity contribution >= 4 is 34.4 Å². The van der Waals surface area contributed by atoms with Crippen molar-refractivity contribution in [3.05, 3.63) is 76.3 Å². The standard InChI is InChI=1S/C21H20ClFN6O/c1-2-24-21-25-9-14-4-3-13(8-18(14)28-21)20(30)29-19(15-10-26-27-11-15)12-5-6-16(22)17(23)7-12/h3-10,19,26-27H,2,11H2,1H3,(H,29,30)(H,24,25,28)/t19-/m1/s1. The van der Waals surface area contributed by atoms with E-state index in [0.717, 1.165) is 11.0 Å². The van der Waals surface area contributed by atoms with Crippen LogP contribution in [0.2, 0.25) is 5.02 Å². The van der Waals surface area contributed by atoms with Crippen molar-refractivity contribution in [3.8, 4) is 0 Å². The fourth-order valence-corrected chi connectivity index (χ4v) is 3.36. The molecule has 7 nitrogen and oxygen atoms in total. The number of rotatable bonds is 6. The van der Waals surface area contributed by atoms with Crippen LogP contribution < -0.4 is 21.5 Å². The molecule has 0 bridgehead atoms. The van der Waals surface area contributed by atoms with Gasteiger partial charge in [0.05, 0.1) is 16.6 Å². The van der Waals surface area contributed by atoms with E-state index >= 15 is 0 Å². The molecule has 2 aromatic carbocycles. The van der Waals surface area contributed by atoms with Crippen LogP contribution in [-0.2, 0) is 0 Å². The van der Waals surface area contributed by atoms with Crippen LogP contribution in [-0.4, -0.2) is 29.0 Å². The zero-order valence-corrected chi connectivity index (χ0v) is 16.9. The molecule has 1 aliphatic rings. The Hall–Kier alpha value is -3.23. The lowest BCUT2D eigenvalue weighted by molar-refractivity contribution is 0.0942. The van der Waals surface area contributed by atoms with Crippen molar-refractivity contribution in [1.82, 2.24) is 26.1 Å². The van der Waals surface area contributed by atoms with Crippen LogP contribution in [0.15, 0.2) is 54.4 Å². The van der Waals surface area contributed by atoms with E-state index in [2.05, 4.69) is 31.5 Å². The van der Waals surface area contributed by atoms with Gasteiger partial charge in [0.15, 0.2) is 0 Å². The summed E-state index contributed by atoms with van der Waals surface area (Å²) in [5.41, 5.74) is 8.43. The van der Waals surface area contributed by atoms with Crippen molar-refractivity contribution in [2.24, 2.45) is 0 Å². The summed E-state index contributed by atoms with van der Waals surface area (Å²) in [6.07, 6.45) is 3.47. The molecule has 0 fully saturated rings. The molecular weight excluding hydrogens is 407 g/mol. The number of nitrogens with one attached hydrogen (secondary N) is 4. The maximum atomic E-state index is 14.0. The molecule has 154 valence electrons. The molecule has 1 aromatic heterocycles. The maximum Gasteiger partial charge on any atom is 0.252 e. The monoisotopic (exact) mass is 426 g/mol. The number of fused-ring (bicyclic) bond motifs is 1. The molecule has 9 heteroatoms. The average Bonchev–Trinajstić information content (AvgIpc) is 3.28. The molecule has 0 saturated heterocycles. The van der Waals surface area contributed by atoms with Gasteiger partial charge in [0.2, 0.25) is 5.95 Å². The molecule has 3 aromatic rings. The third-order valence-electron chi connectivity index (χ3n) is 4.76. The van der Waals surface area contributed by atoms with E-state index in [1.165, 1.54) is 12.1 Å². The van der Waals surface area contributed by atoms with Crippen LogP contribution in [0.3, 0.4) is 0 Å². The molecule has 1 atom stereocenters. The van der Waals surface area contributed by atoms with Crippen LogP contribution in [0.5, 0.6) is 0 Å². The predicted octanol–water partition coefficient (Wildman–Crippen LogP) is 3.32. The Morgan fingerprint density at radius 2 is 2.17 bits per heavy atom. The number of hydrazine groups is 1. The molecule has 30 heavy (non-hydrogen) atoms. The van der Waals surface area contributed by atoms with E-state index in [0.29, 0.717) is 35.7 Å². The van der Waals surface area contributed by atoms with Crippen LogP contribution in [0.25, 0.3) is 10.9 Å². The normalized spacial score (nSPS) is 14.2. The lowest BCUT2D eigenvalue weighted by atomic mass is 9.98. The fraction of sp³-hybridized carbons (Fsp3) is 0.190. The third-order valence-corrected chi connectivity index (χ3v) is 5.06. The predicted molar refractivity (Wildman–Crippen MR) is 115 cm³/mol. The van der Waals surface area contributed by atoms with Gasteiger partial charge < -0.3 is 16.1 Å². The molecule has 0 unspecified atom stereocenters. The van der Waals surface area contributed by atoms with E-state index in [1.807, 2.05) is 6.92 Å². The third kappa shape index (κ3) is 4.19. The molecule has 0 aliphatic carbocycles. The minimum Gasteiger partial charge on any atom is -0.354 e. The quantitative estimate of drug-likeness (QED) is 0.483. The Labute approximate surface area is 177 Å². The summed E-state index contributed by atoms with van der Waals surface area (Å²) < 4.78 is 14.0. The minimum absolute atomic E-state index is 0.0335. The number of hydrogen-bond donors (Lipinski definition) is 4. The van der Waals surface area contributed by atoms with E-state index in [-0.39, 0.29) is 10.9 Å². The largest absolute Gasteiger partial charge is 0.354 e. The van der Waals surface area contributed by atoms with Crippen LogP contribution in [0.4, 0.5) is 10.3 Å². The lowest BCUT2D eigenvalue weighted by Gasteiger charge is -2.20. The zero-order valence-electron chi connectivity index (χ0n) is 16.2. The van der Waals surface area contributed by atoms with Gasteiger partial charge in [-0.2, -0.15) is 0 Å². The number of halogens is 2. The summed E-state index contributed by atoms with van der Waals surface area (Å²) in [7, 11) is 0. The smallest absolute Gasteiger partial charge is 0.252 e. The first-order valence-corrected chi connectivity index (χ1v) is 9.86. The number of carbonyl (C=O) groups excluding carboxylic acids is 1. The molecule has 0 saturated carbocycles. The summed E-state index contributed by atoms with van der Waals surface area (Å²) in [6, 6.07) is 9.23. The Morgan fingerprint density at radius 3 is 2.90 bits per heavy atom. The van der Waals surface area contributed by atoms with Gasteiger partial charge in [0.25, 0.3) is 5.91 Å². The van der Waals surface area contributed by atoms with Crippen LogP contribution in [0, 0.1) is 5.82 Å². The Kier molecular flexibility index (Phi) is 5.78. The van der Waals surface area contributed by atoms with Gasteiger partial charge in [0.1, 0.15) is 5.82 Å². The van der Waals surface area contributed by atoms with Gasteiger partial charge in [-0.15, -0.1) is 0 Å². The summed E-state index contributed by atoms with van der Waals surface area (Å²) in [5.74, 6) is -0.328. The highest BCUT2D eigenvalue weighted by molar-refractivity contribution is 6.30. The highest BCUT2D eigenvalue weighted by atomic mass is 35.5. The molecule has 4 rings (SSSR count). The van der Waals surface area contributed by atoms with Gasteiger partial charge >= 0.3 is 0 Å². The zero-order chi connectivity index (χ0) is 21.1. The number of amides is 1. The van der Waals surface area contributed by atoms with Crippen molar-refractivity contribution < 1.29 is 9.18 Å². The highest BCUT2D eigenvalue weighted by Gasteiger charge is 2.23. The fourth-order valence-electron chi connectivity index (χ4n) is 3.24. The van der Waals surface area contributed by atoms with Gasteiger partial charge in [-0.3, -0.25) is 4.79 Å². The van der Waals surface area contributed by atoms with E-state index in [1.54, 1.807) is 36.7 Å². The Bertz CT molecular complexity index is 1140. The number of hydrogen-bond acceptors (Lipinski definition) is 6. The lowest BCUT2D eigenvalue weighted by Crippen LogP contribution is -2.31. The molecule has 1 aliphatic heterocycles. The van der Waals surface area contributed by atoms with E-state index in [4.69, 9.17) is 11.6 Å².